The number of benzene rings is 2. The number of aromatic hydroxyl groups is 2. The molecule has 2 aromatic rings. The number of hydrogen-bond acceptors (Lipinski definition) is 10. The van der Waals surface area contributed by atoms with E-state index in [1.165, 1.54) is 24.3 Å². The summed E-state index contributed by atoms with van der Waals surface area (Å²) < 4.78 is 9.79. The fraction of sp³-hybridized carbons (Fsp3) is 0.333. The van der Waals surface area contributed by atoms with Crippen LogP contribution in [0.2, 0.25) is 0 Å². The van der Waals surface area contributed by atoms with Gasteiger partial charge in [0.1, 0.15) is 36.8 Å². The van der Waals surface area contributed by atoms with Crippen LogP contribution in [-0.2, 0) is 41.5 Å². The molecule has 0 aliphatic rings. The Hall–Kier alpha value is -3.76. The second kappa shape index (κ2) is 13.1. The molecule has 2 unspecified atom stereocenters. The van der Waals surface area contributed by atoms with Gasteiger partial charge in [-0.25, -0.2) is 0 Å². The first-order chi connectivity index (χ1) is 16.1. The van der Waals surface area contributed by atoms with Crippen molar-refractivity contribution in [1.29, 1.82) is 0 Å². The summed E-state index contributed by atoms with van der Waals surface area (Å²) in [7, 11) is 0. The third kappa shape index (κ3) is 9.39. The van der Waals surface area contributed by atoms with Gasteiger partial charge in [-0.05, 0) is 48.2 Å². The van der Waals surface area contributed by atoms with Crippen molar-refractivity contribution in [2.24, 2.45) is 11.5 Å². The van der Waals surface area contributed by atoms with Crippen LogP contribution in [-0.4, -0.2) is 59.0 Å². The maximum atomic E-state index is 11.9. The number of carbonyl (C=O) groups is 4. The van der Waals surface area contributed by atoms with Gasteiger partial charge in [-0.2, -0.15) is 0 Å². The van der Waals surface area contributed by atoms with Gasteiger partial charge in [-0.1, -0.05) is 24.3 Å². The first-order valence-corrected chi connectivity index (χ1v) is 10.6. The van der Waals surface area contributed by atoms with E-state index in [4.69, 9.17) is 20.9 Å². The lowest BCUT2D eigenvalue weighted by Gasteiger charge is -2.12. The van der Waals surface area contributed by atoms with Crippen LogP contribution in [0, 0.1) is 0 Å². The molecule has 6 N–H and O–H groups in total. The average Bonchev–Trinajstić information content (AvgIpc) is 2.82. The summed E-state index contributed by atoms with van der Waals surface area (Å²) in [5.74, 6) is -2.30. The lowest BCUT2D eigenvalue weighted by molar-refractivity contribution is -0.150. The molecule has 0 fully saturated rings. The van der Waals surface area contributed by atoms with Crippen LogP contribution in [0.3, 0.4) is 0 Å². The predicted molar refractivity (Wildman–Crippen MR) is 121 cm³/mol. The lowest BCUT2D eigenvalue weighted by Crippen LogP contribution is -2.35. The molecule has 2 aromatic carbocycles. The van der Waals surface area contributed by atoms with Gasteiger partial charge in [0.25, 0.3) is 0 Å². The van der Waals surface area contributed by atoms with Crippen molar-refractivity contribution >= 4 is 23.5 Å². The van der Waals surface area contributed by atoms with E-state index in [2.05, 4.69) is 0 Å². The van der Waals surface area contributed by atoms with Crippen LogP contribution in [0.25, 0.3) is 0 Å². The second-order valence-electron chi connectivity index (χ2n) is 7.75. The van der Waals surface area contributed by atoms with Crippen LogP contribution >= 0.6 is 0 Å². The van der Waals surface area contributed by atoms with E-state index in [0.717, 1.165) is 11.1 Å². The SMILES string of the molecule is NC(Cc1ccc(O)cc1)C(=O)OCC(=O)CCC(=O)COC(=O)C(N)Cc1ccc(O)cc1. The summed E-state index contributed by atoms with van der Waals surface area (Å²) in [5.41, 5.74) is 13.0. The Morgan fingerprint density at radius 1 is 0.647 bits per heavy atom. The highest BCUT2D eigenvalue weighted by molar-refractivity contribution is 5.89. The fourth-order valence-corrected chi connectivity index (χ4v) is 2.88. The van der Waals surface area contributed by atoms with E-state index in [1.807, 2.05) is 0 Å². The zero-order chi connectivity index (χ0) is 25.1. The first kappa shape index (κ1) is 26.5. The van der Waals surface area contributed by atoms with Gasteiger partial charge in [0.2, 0.25) is 0 Å². The summed E-state index contributed by atoms with van der Waals surface area (Å²) in [6.45, 7) is -1.04. The smallest absolute Gasteiger partial charge is 0.323 e. The molecule has 34 heavy (non-hydrogen) atoms. The monoisotopic (exact) mass is 472 g/mol. The zero-order valence-corrected chi connectivity index (χ0v) is 18.5. The number of carbonyl (C=O) groups excluding carboxylic acids is 4. The number of esters is 2. The number of rotatable bonds is 13. The highest BCUT2D eigenvalue weighted by atomic mass is 16.5. The van der Waals surface area contributed by atoms with Gasteiger partial charge in [0.15, 0.2) is 11.6 Å². The minimum Gasteiger partial charge on any atom is -0.508 e. The van der Waals surface area contributed by atoms with E-state index in [1.54, 1.807) is 24.3 Å². The van der Waals surface area contributed by atoms with Crippen LogP contribution in [0.1, 0.15) is 24.0 Å². The second-order valence-corrected chi connectivity index (χ2v) is 7.75. The number of ketones is 2. The number of phenols is 2. The Morgan fingerprint density at radius 2 is 0.971 bits per heavy atom. The molecule has 0 saturated carbocycles. The number of Topliss-reactive ketones (excluding diaryl/α,β-unsaturated/α-hetero) is 2. The molecule has 0 saturated heterocycles. The normalized spacial score (nSPS) is 12.4. The van der Waals surface area contributed by atoms with Crippen LogP contribution in [0.4, 0.5) is 0 Å². The Bertz CT molecular complexity index is 908. The number of phenolic OH excluding ortho intramolecular Hbond substituents is 2. The third-order valence-corrected chi connectivity index (χ3v) is 4.82. The Labute approximate surface area is 196 Å². The van der Waals surface area contributed by atoms with Gasteiger partial charge in [0, 0.05) is 12.8 Å². The van der Waals surface area contributed by atoms with E-state index in [0.29, 0.717) is 0 Å². The van der Waals surface area contributed by atoms with Crippen molar-refractivity contribution in [2.75, 3.05) is 13.2 Å². The van der Waals surface area contributed by atoms with Crippen LogP contribution in [0.5, 0.6) is 11.5 Å². The maximum absolute atomic E-state index is 11.9. The summed E-state index contributed by atoms with van der Waals surface area (Å²) in [6.07, 6.45) is -0.0229. The Balaban J connectivity index is 1.62. The lowest BCUT2D eigenvalue weighted by atomic mass is 10.1. The molecular weight excluding hydrogens is 444 g/mol. The molecule has 2 rings (SSSR count). The third-order valence-electron chi connectivity index (χ3n) is 4.82. The van der Waals surface area contributed by atoms with Gasteiger partial charge in [-0.15, -0.1) is 0 Å². The standard InChI is InChI=1S/C24H28N2O8/c25-21(11-15-1-5-17(27)6-2-15)23(31)33-13-19(29)9-10-20(30)14-34-24(32)22(26)12-16-3-7-18(28)8-4-16/h1-8,21-22,27-28H,9-14,25-26H2. The van der Waals surface area contributed by atoms with E-state index in [-0.39, 0.29) is 37.2 Å². The van der Waals surface area contributed by atoms with Gasteiger partial charge in [-0.3, -0.25) is 19.2 Å². The molecule has 0 bridgehead atoms. The van der Waals surface area contributed by atoms with Crippen molar-refractivity contribution < 1.29 is 38.9 Å². The van der Waals surface area contributed by atoms with Gasteiger partial charge in [0.05, 0.1) is 0 Å². The molecule has 0 aliphatic carbocycles. The summed E-state index contributed by atoms with van der Waals surface area (Å²) in [6, 6.07) is 10.4. The average molecular weight is 472 g/mol. The Kier molecular flexibility index (Phi) is 10.2. The highest BCUT2D eigenvalue weighted by Crippen LogP contribution is 2.12. The van der Waals surface area contributed by atoms with E-state index < -0.39 is 48.8 Å². The minimum absolute atomic E-state index is 0.0896. The van der Waals surface area contributed by atoms with E-state index in [9.17, 15) is 29.4 Å². The van der Waals surface area contributed by atoms with Crippen LogP contribution < -0.4 is 11.5 Å². The molecular formula is C24H28N2O8. The van der Waals surface area contributed by atoms with Crippen molar-refractivity contribution in [2.45, 2.75) is 37.8 Å². The summed E-state index contributed by atoms with van der Waals surface area (Å²) in [4.78, 5) is 47.7. The molecule has 10 heteroatoms. The van der Waals surface area contributed by atoms with Crippen molar-refractivity contribution in [3.63, 3.8) is 0 Å². The quantitative estimate of drug-likeness (QED) is 0.301. The molecule has 0 spiro atoms. The largest absolute Gasteiger partial charge is 0.508 e. The molecule has 2 atom stereocenters. The molecule has 0 aliphatic heterocycles. The molecule has 0 amide bonds. The molecule has 182 valence electrons. The molecule has 0 heterocycles. The first-order valence-electron chi connectivity index (χ1n) is 10.6. The fourth-order valence-electron chi connectivity index (χ4n) is 2.88. The predicted octanol–water partition coefficient (Wildman–Crippen LogP) is 0.542. The maximum Gasteiger partial charge on any atom is 0.323 e. The van der Waals surface area contributed by atoms with Crippen LogP contribution in [0.15, 0.2) is 48.5 Å². The van der Waals surface area contributed by atoms with Gasteiger partial charge < -0.3 is 31.2 Å². The zero-order valence-electron chi connectivity index (χ0n) is 18.5. The molecule has 10 nitrogen and oxygen atoms in total. The number of nitrogens with two attached hydrogens (primary N) is 2. The van der Waals surface area contributed by atoms with Crippen molar-refractivity contribution in [1.82, 2.24) is 0 Å². The summed E-state index contributed by atoms with van der Waals surface area (Å²) in [5, 5.41) is 18.5. The molecule has 0 aromatic heterocycles. The van der Waals surface area contributed by atoms with Gasteiger partial charge >= 0.3 is 11.9 Å². The topological polar surface area (TPSA) is 179 Å². The summed E-state index contributed by atoms with van der Waals surface area (Å²) >= 11 is 0. The van der Waals surface area contributed by atoms with Crippen molar-refractivity contribution in [3.05, 3.63) is 59.7 Å². The highest BCUT2D eigenvalue weighted by Gasteiger charge is 2.19. The number of hydrogen-bond donors (Lipinski definition) is 4. The molecule has 0 radical (unpaired) electrons. The van der Waals surface area contributed by atoms with Crippen molar-refractivity contribution in [3.8, 4) is 11.5 Å². The van der Waals surface area contributed by atoms with E-state index >= 15 is 0 Å². The Morgan fingerprint density at radius 3 is 1.29 bits per heavy atom. The minimum atomic E-state index is -0.982. The number of ether oxygens (including phenoxy) is 2.